The van der Waals surface area contributed by atoms with E-state index in [1.54, 1.807) is 24.4 Å². The first-order chi connectivity index (χ1) is 12.1. The summed E-state index contributed by atoms with van der Waals surface area (Å²) in [5.74, 6) is -0.687. The van der Waals surface area contributed by atoms with Crippen LogP contribution in [0.1, 0.15) is 5.56 Å². The molecule has 1 N–H and O–H groups in total. The van der Waals surface area contributed by atoms with Crippen molar-refractivity contribution in [3.8, 4) is 0 Å². The number of hydrogen-bond acceptors (Lipinski definition) is 3. The van der Waals surface area contributed by atoms with E-state index < -0.39 is 0 Å². The van der Waals surface area contributed by atoms with Crippen LogP contribution in [0.5, 0.6) is 0 Å². The Kier molecular flexibility index (Phi) is 5.30. The first kappa shape index (κ1) is 17.0. The van der Waals surface area contributed by atoms with Crippen LogP contribution in [0.15, 0.2) is 77.1 Å². The first-order valence-electron chi connectivity index (χ1n) is 7.61. The summed E-state index contributed by atoms with van der Waals surface area (Å²) in [6, 6.07) is 13.8. The molecule has 0 aliphatic rings. The Labute approximate surface area is 149 Å². The number of halogens is 1. The molecule has 0 saturated heterocycles. The van der Waals surface area contributed by atoms with Gasteiger partial charge >= 0.3 is 0 Å². The number of hydrogen-bond donors (Lipinski definition) is 1. The summed E-state index contributed by atoms with van der Waals surface area (Å²) in [5, 5.41) is 3.65. The summed E-state index contributed by atoms with van der Waals surface area (Å²) < 4.78 is 15.5. The van der Waals surface area contributed by atoms with Crippen LogP contribution in [0.3, 0.4) is 0 Å². The number of aromatic nitrogens is 2. The largest absolute Gasteiger partial charge is 0.329 e. The summed E-state index contributed by atoms with van der Waals surface area (Å²) in [4.78, 5) is 17.3. The first-order valence-corrected chi connectivity index (χ1v) is 8.43. The lowest BCUT2D eigenvalue weighted by molar-refractivity contribution is -0.111. The minimum Gasteiger partial charge on any atom is -0.329 e. The molecule has 0 bridgehead atoms. The van der Waals surface area contributed by atoms with E-state index in [0.717, 1.165) is 10.1 Å². The monoisotopic (exact) mass is 353 g/mol. The van der Waals surface area contributed by atoms with Crippen molar-refractivity contribution in [1.29, 1.82) is 0 Å². The van der Waals surface area contributed by atoms with Crippen LogP contribution in [0, 0.1) is 5.82 Å². The van der Waals surface area contributed by atoms with Crippen molar-refractivity contribution in [2.75, 3.05) is 5.32 Å². The van der Waals surface area contributed by atoms with E-state index in [-0.39, 0.29) is 11.7 Å². The molecule has 6 heteroatoms. The molecule has 126 valence electrons. The number of imidazole rings is 1. The fourth-order valence-electron chi connectivity index (χ4n) is 2.16. The predicted octanol–water partition coefficient (Wildman–Crippen LogP) is 4.36. The number of benzene rings is 2. The van der Waals surface area contributed by atoms with Gasteiger partial charge in [-0.05, 0) is 36.0 Å². The van der Waals surface area contributed by atoms with Gasteiger partial charge in [-0.3, -0.25) is 4.79 Å². The molecule has 1 aromatic heterocycles. The Morgan fingerprint density at radius 3 is 2.72 bits per heavy atom. The fourth-order valence-corrected chi connectivity index (χ4v) is 3.05. The normalized spacial score (nSPS) is 11.0. The van der Waals surface area contributed by atoms with Gasteiger partial charge in [-0.25, -0.2) is 9.37 Å². The zero-order valence-corrected chi connectivity index (χ0v) is 14.3. The van der Waals surface area contributed by atoms with Crippen molar-refractivity contribution in [3.63, 3.8) is 0 Å². The highest BCUT2D eigenvalue weighted by Gasteiger charge is 2.09. The number of para-hydroxylation sites is 1. The standard InChI is InChI=1S/C19H16FN3OS/c1-23-13-12-21-19(23)25-17-9-5-4-8-16(17)22-18(24)11-10-14-6-2-3-7-15(14)20/h2-13H,1H3,(H,22,24)/b11-10+. The van der Waals surface area contributed by atoms with Crippen molar-refractivity contribution in [3.05, 3.63) is 78.4 Å². The summed E-state index contributed by atoms with van der Waals surface area (Å²) in [7, 11) is 1.91. The second-order valence-corrected chi connectivity index (χ2v) is 6.27. The van der Waals surface area contributed by atoms with Crippen molar-refractivity contribution >= 4 is 29.4 Å². The molecule has 25 heavy (non-hydrogen) atoms. The van der Waals surface area contributed by atoms with Gasteiger partial charge < -0.3 is 9.88 Å². The highest BCUT2D eigenvalue weighted by Crippen LogP contribution is 2.32. The quantitative estimate of drug-likeness (QED) is 0.693. The molecule has 1 amide bonds. The molecule has 0 saturated carbocycles. The number of carbonyl (C=O) groups is 1. The molecule has 4 nitrogen and oxygen atoms in total. The smallest absolute Gasteiger partial charge is 0.248 e. The molecule has 0 aliphatic carbocycles. The van der Waals surface area contributed by atoms with Crippen LogP contribution in [0.2, 0.25) is 0 Å². The van der Waals surface area contributed by atoms with Gasteiger partial charge in [-0.2, -0.15) is 0 Å². The van der Waals surface area contributed by atoms with Crippen LogP contribution in [0.25, 0.3) is 6.08 Å². The molecule has 0 radical (unpaired) electrons. The van der Waals surface area contributed by atoms with E-state index >= 15 is 0 Å². The lowest BCUT2D eigenvalue weighted by atomic mass is 10.2. The Morgan fingerprint density at radius 1 is 1.20 bits per heavy atom. The van der Waals surface area contributed by atoms with Crippen molar-refractivity contribution in [2.45, 2.75) is 10.1 Å². The average molecular weight is 353 g/mol. The SMILES string of the molecule is Cn1ccnc1Sc1ccccc1NC(=O)/C=C/c1ccccc1F. The summed E-state index contributed by atoms with van der Waals surface area (Å²) >= 11 is 1.46. The summed E-state index contributed by atoms with van der Waals surface area (Å²) in [6.07, 6.45) is 6.36. The van der Waals surface area contributed by atoms with E-state index in [1.165, 1.54) is 30.0 Å². The maximum atomic E-state index is 13.6. The topological polar surface area (TPSA) is 46.9 Å². The van der Waals surface area contributed by atoms with Gasteiger partial charge in [0.2, 0.25) is 5.91 Å². The lowest BCUT2D eigenvalue weighted by Gasteiger charge is -2.09. The van der Waals surface area contributed by atoms with Crippen molar-refractivity contribution in [2.24, 2.45) is 7.05 Å². The Morgan fingerprint density at radius 2 is 1.96 bits per heavy atom. The summed E-state index contributed by atoms with van der Waals surface area (Å²) in [5.41, 5.74) is 1.05. The van der Waals surface area contributed by atoms with E-state index in [1.807, 2.05) is 42.1 Å². The van der Waals surface area contributed by atoms with Gasteiger partial charge in [0.1, 0.15) is 5.82 Å². The van der Waals surface area contributed by atoms with E-state index in [4.69, 9.17) is 0 Å². The Bertz CT molecular complexity index is 920. The van der Waals surface area contributed by atoms with Crippen LogP contribution < -0.4 is 5.32 Å². The third-order valence-corrected chi connectivity index (χ3v) is 4.59. The molecule has 0 aliphatic heterocycles. The number of carbonyl (C=O) groups excluding carboxylic acids is 1. The van der Waals surface area contributed by atoms with Crippen LogP contribution in [-0.4, -0.2) is 15.5 Å². The maximum absolute atomic E-state index is 13.6. The number of nitrogens with one attached hydrogen (secondary N) is 1. The summed E-state index contributed by atoms with van der Waals surface area (Å²) in [6.45, 7) is 0. The molecule has 1 heterocycles. The molecule has 0 fully saturated rings. The Balaban J connectivity index is 1.73. The molecule has 2 aromatic carbocycles. The molecular weight excluding hydrogens is 337 g/mol. The maximum Gasteiger partial charge on any atom is 0.248 e. The van der Waals surface area contributed by atoms with Gasteiger partial charge in [-0.15, -0.1) is 0 Å². The highest BCUT2D eigenvalue weighted by molar-refractivity contribution is 7.99. The highest BCUT2D eigenvalue weighted by atomic mass is 32.2. The minimum absolute atomic E-state index is 0.323. The van der Waals surface area contributed by atoms with Crippen molar-refractivity contribution < 1.29 is 9.18 Å². The van der Waals surface area contributed by atoms with Crippen molar-refractivity contribution in [1.82, 2.24) is 9.55 Å². The molecular formula is C19H16FN3OS. The van der Waals surface area contributed by atoms with E-state index in [9.17, 15) is 9.18 Å². The van der Waals surface area contributed by atoms with Crippen LogP contribution >= 0.6 is 11.8 Å². The van der Waals surface area contributed by atoms with Gasteiger partial charge in [0.05, 0.1) is 5.69 Å². The molecule has 0 unspecified atom stereocenters. The fraction of sp³-hybridized carbons (Fsp3) is 0.0526. The average Bonchev–Trinajstić information content (AvgIpc) is 3.01. The number of anilines is 1. The second kappa shape index (κ2) is 7.81. The van der Waals surface area contributed by atoms with Crippen LogP contribution in [-0.2, 0) is 11.8 Å². The third kappa shape index (κ3) is 4.36. The van der Waals surface area contributed by atoms with Crippen LogP contribution in [0.4, 0.5) is 10.1 Å². The number of nitrogens with zero attached hydrogens (tertiary/aromatic N) is 2. The zero-order chi connectivity index (χ0) is 17.6. The molecule has 0 spiro atoms. The minimum atomic E-state index is -0.364. The van der Waals surface area contributed by atoms with Gasteiger partial charge in [0.15, 0.2) is 5.16 Å². The number of amides is 1. The zero-order valence-electron chi connectivity index (χ0n) is 13.5. The van der Waals surface area contributed by atoms with E-state index in [2.05, 4.69) is 10.3 Å². The lowest BCUT2D eigenvalue weighted by Crippen LogP contribution is -2.08. The second-order valence-electron chi connectivity index (χ2n) is 5.26. The molecule has 0 atom stereocenters. The number of aryl methyl sites for hydroxylation is 1. The van der Waals surface area contributed by atoms with Gasteiger partial charge in [0.25, 0.3) is 0 Å². The predicted molar refractivity (Wildman–Crippen MR) is 97.8 cm³/mol. The molecule has 3 aromatic rings. The number of rotatable bonds is 5. The van der Waals surface area contributed by atoms with Gasteiger partial charge in [0, 0.05) is 36.0 Å². The third-order valence-electron chi connectivity index (χ3n) is 3.44. The van der Waals surface area contributed by atoms with Gasteiger partial charge in [-0.1, -0.05) is 30.3 Å². The Hall–Kier alpha value is -2.86. The van der Waals surface area contributed by atoms with E-state index in [0.29, 0.717) is 11.3 Å². The molecule has 3 rings (SSSR count).